The maximum absolute atomic E-state index is 13.9. The van der Waals surface area contributed by atoms with Crippen molar-refractivity contribution in [3.05, 3.63) is 114 Å². The predicted molar refractivity (Wildman–Crippen MR) is 140 cm³/mol. The Balaban J connectivity index is 1.67. The number of fused-ring (bicyclic) bond motifs is 3. The van der Waals surface area contributed by atoms with E-state index in [1.54, 1.807) is 43.1 Å². The summed E-state index contributed by atoms with van der Waals surface area (Å²) in [7, 11) is 3.23. The van der Waals surface area contributed by atoms with Crippen LogP contribution in [0.15, 0.2) is 82.1 Å². The number of aryl methyl sites for hydroxylation is 1. The number of thiazole rings is 1. The molecule has 2 aliphatic rings. The Labute approximate surface area is 211 Å². The number of ether oxygens (including phenoxy) is 2. The number of phenolic OH excluding ortho intramolecular Hbond substituents is 1. The van der Waals surface area contributed by atoms with Gasteiger partial charge in [0, 0.05) is 16.7 Å². The van der Waals surface area contributed by atoms with Crippen molar-refractivity contribution in [2.75, 3.05) is 14.2 Å². The molecule has 0 fully saturated rings. The lowest BCUT2D eigenvalue weighted by atomic mass is 9.83. The zero-order valence-corrected chi connectivity index (χ0v) is 20.7. The van der Waals surface area contributed by atoms with E-state index < -0.39 is 0 Å². The quantitative estimate of drug-likeness (QED) is 0.463. The molecule has 6 rings (SSSR count). The summed E-state index contributed by atoms with van der Waals surface area (Å²) in [5.41, 5.74) is 5.65. The number of aromatic nitrogens is 1. The van der Waals surface area contributed by atoms with Crippen molar-refractivity contribution in [2.24, 2.45) is 4.99 Å². The lowest BCUT2D eigenvalue weighted by Crippen LogP contribution is -2.39. The third-order valence-electron chi connectivity index (χ3n) is 6.82. The van der Waals surface area contributed by atoms with Crippen LogP contribution in [0.3, 0.4) is 0 Å². The summed E-state index contributed by atoms with van der Waals surface area (Å²) in [6, 6.07) is 20.7. The van der Waals surface area contributed by atoms with E-state index in [-0.39, 0.29) is 17.4 Å². The van der Waals surface area contributed by atoms with E-state index in [0.717, 1.165) is 35.2 Å². The van der Waals surface area contributed by atoms with Gasteiger partial charge < -0.3 is 14.6 Å². The van der Waals surface area contributed by atoms with Gasteiger partial charge in [-0.3, -0.25) is 9.36 Å². The lowest BCUT2D eigenvalue weighted by molar-refractivity contribution is 0.348. The molecule has 0 amide bonds. The first-order valence-corrected chi connectivity index (χ1v) is 12.5. The highest BCUT2D eigenvalue weighted by atomic mass is 32.1. The van der Waals surface area contributed by atoms with E-state index in [9.17, 15) is 9.90 Å². The number of hydrogen-bond acceptors (Lipinski definition) is 6. The fraction of sp³-hybridized carbons (Fsp3) is 0.172. The van der Waals surface area contributed by atoms with E-state index in [4.69, 9.17) is 14.5 Å². The van der Waals surface area contributed by atoms with Gasteiger partial charge in [0.15, 0.2) is 16.3 Å². The Morgan fingerprint density at radius 1 is 1.00 bits per heavy atom. The predicted octanol–water partition coefficient (Wildman–Crippen LogP) is 4.04. The minimum absolute atomic E-state index is 0.127. The summed E-state index contributed by atoms with van der Waals surface area (Å²) in [6.07, 6.45) is 3.38. The number of benzene rings is 3. The molecular weight excluding hydrogens is 472 g/mol. The van der Waals surface area contributed by atoms with Crippen LogP contribution < -0.4 is 24.4 Å². The number of aromatic hydroxyl groups is 1. The molecule has 0 saturated carbocycles. The summed E-state index contributed by atoms with van der Waals surface area (Å²) in [4.78, 5) is 19.5. The zero-order valence-electron chi connectivity index (χ0n) is 19.9. The molecule has 1 aliphatic heterocycles. The Morgan fingerprint density at radius 2 is 1.81 bits per heavy atom. The largest absolute Gasteiger partial charge is 0.507 e. The van der Waals surface area contributed by atoms with Crippen LogP contribution in [0.5, 0.6) is 17.2 Å². The molecular formula is C29H24N2O4S. The SMILES string of the molecule is COc1cccc(C2C3=C(N=c4sc(=Cc5ccccc5O)c(=O)n42)c2ccccc2CC3)c1OC. The van der Waals surface area contributed by atoms with Crippen LogP contribution in [-0.4, -0.2) is 23.9 Å². The first kappa shape index (κ1) is 22.4. The molecule has 180 valence electrons. The first-order valence-electron chi connectivity index (χ1n) is 11.7. The lowest BCUT2D eigenvalue weighted by Gasteiger charge is -2.31. The van der Waals surface area contributed by atoms with Crippen LogP contribution in [-0.2, 0) is 6.42 Å². The second-order valence-corrected chi connectivity index (χ2v) is 9.76. The summed E-state index contributed by atoms with van der Waals surface area (Å²) in [6.45, 7) is 0. The molecule has 0 spiro atoms. The number of nitrogens with zero attached hydrogens (tertiary/aromatic N) is 2. The second-order valence-electron chi connectivity index (χ2n) is 8.76. The van der Waals surface area contributed by atoms with Gasteiger partial charge in [0.1, 0.15) is 5.75 Å². The highest BCUT2D eigenvalue weighted by Gasteiger charge is 2.34. The van der Waals surface area contributed by atoms with Gasteiger partial charge in [-0.25, -0.2) is 4.99 Å². The fourth-order valence-corrected chi connectivity index (χ4v) is 6.17. The summed E-state index contributed by atoms with van der Waals surface area (Å²) in [5.74, 6) is 1.34. The van der Waals surface area contributed by atoms with Crippen LogP contribution in [0.1, 0.15) is 34.7 Å². The molecule has 36 heavy (non-hydrogen) atoms. The Hall–Kier alpha value is -4.10. The molecule has 6 nitrogen and oxygen atoms in total. The van der Waals surface area contributed by atoms with E-state index in [1.807, 2.05) is 30.3 Å². The fourth-order valence-electron chi connectivity index (χ4n) is 5.18. The molecule has 1 unspecified atom stereocenters. The average Bonchev–Trinajstić information content (AvgIpc) is 3.22. The summed E-state index contributed by atoms with van der Waals surface area (Å²) in [5, 5.41) is 10.3. The Kier molecular flexibility index (Phi) is 5.49. The third kappa shape index (κ3) is 3.46. The molecule has 1 aliphatic carbocycles. The van der Waals surface area contributed by atoms with Crippen molar-refractivity contribution >= 4 is 23.1 Å². The van der Waals surface area contributed by atoms with Crippen molar-refractivity contribution in [1.29, 1.82) is 0 Å². The average molecular weight is 497 g/mol. The highest BCUT2D eigenvalue weighted by molar-refractivity contribution is 7.07. The van der Waals surface area contributed by atoms with Crippen LogP contribution >= 0.6 is 11.3 Å². The van der Waals surface area contributed by atoms with Crippen LogP contribution in [0.25, 0.3) is 11.8 Å². The monoisotopic (exact) mass is 496 g/mol. The number of hydrogen-bond donors (Lipinski definition) is 1. The number of allylic oxidation sites excluding steroid dienone is 1. The minimum atomic E-state index is -0.388. The van der Waals surface area contributed by atoms with Gasteiger partial charge in [0.25, 0.3) is 5.56 Å². The van der Waals surface area contributed by atoms with Gasteiger partial charge >= 0.3 is 0 Å². The van der Waals surface area contributed by atoms with Crippen molar-refractivity contribution in [2.45, 2.75) is 18.9 Å². The van der Waals surface area contributed by atoms with E-state index in [1.165, 1.54) is 16.9 Å². The number of phenols is 1. The molecule has 3 aromatic carbocycles. The molecule has 0 saturated heterocycles. The topological polar surface area (TPSA) is 73.0 Å². The van der Waals surface area contributed by atoms with Gasteiger partial charge in [0.05, 0.1) is 30.5 Å². The highest BCUT2D eigenvalue weighted by Crippen LogP contribution is 2.45. The molecule has 0 bridgehead atoms. The minimum Gasteiger partial charge on any atom is -0.507 e. The van der Waals surface area contributed by atoms with Crippen molar-refractivity contribution in [3.63, 3.8) is 0 Å². The van der Waals surface area contributed by atoms with Gasteiger partial charge in [-0.1, -0.05) is 65.9 Å². The smallest absolute Gasteiger partial charge is 0.271 e. The van der Waals surface area contributed by atoms with Crippen molar-refractivity contribution in [3.8, 4) is 17.2 Å². The Bertz CT molecular complexity index is 1710. The van der Waals surface area contributed by atoms with Crippen LogP contribution in [0, 0.1) is 0 Å². The van der Waals surface area contributed by atoms with Gasteiger partial charge in [0.2, 0.25) is 0 Å². The van der Waals surface area contributed by atoms with Crippen LogP contribution in [0.4, 0.5) is 0 Å². The van der Waals surface area contributed by atoms with Gasteiger partial charge in [-0.2, -0.15) is 0 Å². The molecule has 1 aromatic heterocycles. The summed E-state index contributed by atoms with van der Waals surface area (Å²) < 4.78 is 13.7. The van der Waals surface area contributed by atoms with E-state index >= 15 is 0 Å². The first-order chi connectivity index (χ1) is 17.6. The van der Waals surface area contributed by atoms with E-state index in [2.05, 4.69) is 18.2 Å². The molecule has 1 atom stereocenters. The van der Waals surface area contributed by atoms with Crippen molar-refractivity contribution in [1.82, 2.24) is 4.57 Å². The summed E-state index contributed by atoms with van der Waals surface area (Å²) >= 11 is 1.33. The third-order valence-corrected chi connectivity index (χ3v) is 7.81. The zero-order chi connectivity index (χ0) is 24.8. The molecule has 0 radical (unpaired) electrons. The van der Waals surface area contributed by atoms with Gasteiger partial charge in [-0.05, 0) is 42.2 Å². The normalized spacial score (nSPS) is 16.6. The number of rotatable bonds is 4. The second kappa shape index (κ2) is 8.84. The maximum atomic E-state index is 13.9. The molecule has 1 N–H and O–H groups in total. The molecule has 7 heteroatoms. The van der Waals surface area contributed by atoms with Crippen molar-refractivity contribution < 1.29 is 14.6 Å². The van der Waals surface area contributed by atoms with Gasteiger partial charge in [-0.15, -0.1) is 0 Å². The van der Waals surface area contributed by atoms with Crippen LogP contribution in [0.2, 0.25) is 0 Å². The molecule has 2 heterocycles. The number of methoxy groups -OCH3 is 2. The standard InChI is InChI=1S/C29H24N2O4S/c1-34-23-13-7-11-21(27(23)35-2)26-20-15-14-17-8-3-5-10-19(17)25(20)30-29-31(26)28(33)24(36-29)16-18-9-4-6-12-22(18)32/h3-13,16,26,32H,14-15H2,1-2H3. The Morgan fingerprint density at radius 3 is 2.61 bits per heavy atom. The number of para-hydroxylation sites is 2. The maximum Gasteiger partial charge on any atom is 0.271 e. The molecule has 4 aromatic rings. The van der Waals surface area contributed by atoms with E-state index in [0.29, 0.717) is 26.4 Å².